The van der Waals surface area contributed by atoms with Gasteiger partial charge in [0.1, 0.15) is 10.9 Å². The van der Waals surface area contributed by atoms with Crippen molar-refractivity contribution in [1.82, 2.24) is 20.4 Å². The monoisotopic (exact) mass is 452 g/mol. The van der Waals surface area contributed by atoms with E-state index in [1.807, 2.05) is 55.5 Å². The summed E-state index contributed by atoms with van der Waals surface area (Å²) in [6, 6.07) is 18.2. The molecule has 8 heteroatoms. The summed E-state index contributed by atoms with van der Waals surface area (Å²) < 4.78 is 1.75. The number of aryl methyl sites for hydroxylation is 1. The fraction of sp³-hybridized carbons (Fsp3) is 0.174. The van der Waals surface area contributed by atoms with E-state index in [4.69, 9.17) is 11.6 Å². The standard InChI is InChI=1S/C23H21ClN4O2S/c1-14-17-12-20(31-23(17)28(27-14)19-11-7-6-10-18(19)24)22(30)26-15(2)21(29)25-13-16-8-4-3-5-9-16/h3-12,15H,13H2,1-2H3,(H,25,29)(H,26,30). The van der Waals surface area contributed by atoms with Gasteiger partial charge in [-0.25, -0.2) is 4.68 Å². The molecule has 31 heavy (non-hydrogen) atoms. The minimum atomic E-state index is -0.664. The van der Waals surface area contributed by atoms with Crippen LogP contribution in [0.2, 0.25) is 5.02 Å². The van der Waals surface area contributed by atoms with Crippen molar-refractivity contribution in [2.75, 3.05) is 0 Å². The van der Waals surface area contributed by atoms with Crippen molar-refractivity contribution in [1.29, 1.82) is 0 Å². The van der Waals surface area contributed by atoms with Crippen molar-refractivity contribution in [3.8, 4) is 5.69 Å². The molecule has 0 fully saturated rings. The van der Waals surface area contributed by atoms with Gasteiger partial charge in [-0.15, -0.1) is 11.3 Å². The highest BCUT2D eigenvalue weighted by molar-refractivity contribution is 7.20. The van der Waals surface area contributed by atoms with E-state index in [1.165, 1.54) is 11.3 Å². The van der Waals surface area contributed by atoms with Crippen molar-refractivity contribution >= 4 is 45.0 Å². The largest absolute Gasteiger partial charge is 0.350 e. The van der Waals surface area contributed by atoms with Crippen molar-refractivity contribution in [2.45, 2.75) is 26.4 Å². The van der Waals surface area contributed by atoms with Gasteiger partial charge in [0.2, 0.25) is 5.91 Å². The topological polar surface area (TPSA) is 76.0 Å². The number of hydrogen-bond acceptors (Lipinski definition) is 4. The molecule has 2 N–H and O–H groups in total. The van der Waals surface area contributed by atoms with Crippen LogP contribution in [-0.4, -0.2) is 27.6 Å². The van der Waals surface area contributed by atoms with E-state index in [0.29, 0.717) is 16.4 Å². The Bertz CT molecular complexity index is 1250. The van der Waals surface area contributed by atoms with Gasteiger partial charge < -0.3 is 10.6 Å². The molecule has 0 saturated heterocycles. The third-order valence-electron chi connectivity index (χ3n) is 4.90. The second kappa shape index (κ2) is 8.91. The summed E-state index contributed by atoms with van der Waals surface area (Å²) in [5.41, 5.74) is 2.56. The van der Waals surface area contributed by atoms with Crippen LogP contribution in [0.15, 0.2) is 60.7 Å². The molecular weight excluding hydrogens is 432 g/mol. The Labute approximate surface area is 188 Å². The second-order valence-electron chi connectivity index (χ2n) is 7.18. The summed E-state index contributed by atoms with van der Waals surface area (Å²) in [6.07, 6.45) is 0. The highest BCUT2D eigenvalue weighted by atomic mass is 35.5. The summed E-state index contributed by atoms with van der Waals surface area (Å²) in [5.74, 6) is -0.537. The summed E-state index contributed by atoms with van der Waals surface area (Å²) in [6.45, 7) is 3.97. The van der Waals surface area contributed by atoms with Crippen molar-refractivity contribution in [3.05, 3.63) is 81.8 Å². The van der Waals surface area contributed by atoms with E-state index < -0.39 is 6.04 Å². The lowest BCUT2D eigenvalue weighted by atomic mass is 10.2. The van der Waals surface area contributed by atoms with Crippen LogP contribution in [0.25, 0.3) is 15.9 Å². The number of fused-ring (bicyclic) bond motifs is 1. The van der Waals surface area contributed by atoms with Crippen LogP contribution < -0.4 is 10.6 Å². The predicted molar refractivity (Wildman–Crippen MR) is 124 cm³/mol. The van der Waals surface area contributed by atoms with Crippen LogP contribution in [0.4, 0.5) is 0 Å². The summed E-state index contributed by atoms with van der Waals surface area (Å²) in [5, 5.41) is 11.7. The molecule has 2 amide bonds. The van der Waals surface area contributed by atoms with Crippen LogP contribution in [0, 0.1) is 6.92 Å². The van der Waals surface area contributed by atoms with Crippen LogP contribution >= 0.6 is 22.9 Å². The van der Waals surface area contributed by atoms with Crippen LogP contribution in [-0.2, 0) is 11.3 Å². The fourth-order valence-electron chi connectivity index (χ4n) is 3.22. The first kappa shape index (κ1) is 21.1. The first-order chi connectivity index (χ1) is 14.9. The number of nitrogens with zero attached hydrogens (tertiary/aromatic N) is 2. The highest BCUT2D eigenvalue weighted by Gasteiger charge is 2.21. The quantitative estimate of drug-likeness (QED) is 0.452. The summed E-state index contributed by atoms with van der Waals surface area (Å²) in [7, 11) is 0. The fourth-order valence-corrected chi connectivity index (χ4v) is 4.51. The van der Waals surface area contributed by atoms with Gasteiger partial charge in [-0.2, -0.15) is 5.10 Å². The average Bonchev–Trinajstić information content (AvgIpc) is 3.34. The van der Waals surface area contributed by atoms with Gasteiger partial charge in [-0.3, -0.25) is 9.59 Å². The van der Waals surface area contributed by atoms with Crippen LogP contribution in [0.1, 0.15) is 27.9 Å². The third-order valence-corrected chi connectivity index (χ3v) is 6.33. The number of amides is 2. The molecule has 0 bridgehead atoms. The molecule has 2 aromatic heterocycles. The zero-order chi connectivity index (χ0) is 22.0. The maximum atomic E-state index is 12.8. The van der Waals surface area contributed by atoms with E-state index in [1.54, 1.807) is 23.7 Å². The Morgan fingerprint density at radius 1 is 1.13 bits per heavy atom. The van der Waals surface area contributed by atoms with E-state index in [2.05, 4.69) is 15.7 Å². The molecule has 0 spiro atoms. The van der Waals surface area contributed by atoms with E-state index in [9.17, 15) is 9.59 Å². The molecular formula is C23H21ClN4O2S. The molecule has 0 aliphatic rings. The maximum Gasteiger partial charge on any atom is 0.262 e. The molecule has 1 atom stereocenters. The lowest BCUT2D eigenvalue weighted by Crippen LogP contribution is -2.44. The third kappa shape index (κ3) is 4.47. The smallest absolute Gasteiger partial charge is 0.262 e. The number of carbonyl (C=O) groups is 2. The molecule has 0 saturated carbocycles. The molecule has 0 aliphatic heterocycles. The van der Waals surface area contributed by atoms with Gasteiger partial charge in [0.25, 0.3) is 5.91 Å². The lowest BCUT2D eigenvalue weighted by molar-refractivity contribution is -0.122. The van der Waals surface area contributed by atoms with E-state index >= 15 is 0 Å². The van der Waals surface area contributed by atoms with Gasteiger partial charge >= 0.3 is 0 Å². The van der Waals surface area contributed by atoms with E-state index in [0.717, 1.165) is 27.2 Å². The zero-order valence-electron chi connectivity index (χ0n) is 17.1. The summed E-state index contributed by atoms with van der Waals surface area (Å²) >= 11 is 7.65. The molecule has 2 heterocycles. The number of hydrogen-bond donors (Lipinski definition) is 2. The molecule has 6 nitrogen and oxygen atoms in total. The second-order valence-corrected chi connectivity index (χ2v) is 8.61. The molecule has 4 rings (SSSR count). The molecule has 4 aromatic rings. The number of benzene rings is 2. The molecule has 1 unspecified atom stereocenters. The minimum absolute atomic E-state index is 0.239. The van der Waals surface area contributed by atoms with Gasteiger partial charge in [-0.05, 0) is 37.6 Å². The number of para-hydroxylation sites is 1. The van der Waals surface area contributed by atoms with Gasteiger partial charge in [0.05, 0.1) is 21.3 Å². The number of thiophene rings is 1. The Morgan fingerprint density at radius 3 is 2.58 bits per heavy atom. The molecule has 0 radical (unpaired) electrons. The maximum absolute atomic E-state index is 12.8. The first-order valence-corrected chi connectivity index (χ1v) is 11.0. The van der Waals surface area contributed by atoms with Crippen molar-refractivity contribution in [2.24, 2.45) is 0 Å². The number of aromatic nitrogens is 2. The zero-order valence-corrected chi connectivity index (χ0v) is 18.6. The number of carbonyl (C=O) groups excluding carboxylic acids is 2. The van der Waals surface area contributed by atoms with Gasteiger partial charge in [-0.1, -0.05) is 54.1 Å². The minimum Gasteiger partial charge on any atom is -0.350 e. The molecule has 0 aliphatic carbocycles. The van der Waals surface area contributed by atoms with Gasteiger partial charge in [0, 0.05) is 11.9 Å². The van der Waals surface area contributed by atoms with Gasteiger partial charge in [0.15, 0.2) is 0 Å². The lowest BCUT2D eigenvalue weighted by Gasteiger charge is -2.13. The first-order valence-electron chi connectivity index (χ1n) is 9.80. The normalized spacial score (nSPS) is 12.0. The average molecular weight is 453 g/mol. The molecule has 2 aromatic carbocycles. The Balaban J connectivity index is 1.48. The van der Waals surface area contributed by atoms with E-state index in [-0.39, 0.29) is 11.8 Å². The Morgan fingerprint density at radius 2 is 1.84 bits per heavy atom. The Kier molecular flexibility index (Phi) is 6.06. The SMILES string of the molecule is Cc1nn(-c2ccccc2Cl)c2sc(C(=O)NC(C)C(=O)NCc3ccccc3)cc12. The number of rotatable bonds is 6. The van der Waals surface area contributed by atoms with Crippen molar-refractivity contribution in [3.63, 3.8) is 0 Å². The predicted octanol–water partition coefficient (Wildman–Crippen LogP) is 4.48. The van der Waals surface area contributed by atoms with Crippen molar-refractivity contribution < 1.29 is 9.59 Å². The number of halogens is 1. The number of nitrogens with one attached hydrogen (secondary N) is 2. The Hall–Kier alpha value is -3.16. The highest BCUT2D eigenvalue weighted by Crippen LogP contribution is 2.32. The molecule has 158 valence electrons. The van der Waals surface area contributed by atoms with Crippen LogP contribution in [0.5, 0.6) is 0 Å². The summed E-state index contributed by atoms with van der Waals surface area (Å²) in [4.78, 5) is 26.5. The van der Waals surface area contributed by atoms with Crippen LogP contribution in [0.3, 0.4) is 0 Å².